The number of azide groups is 1. The molecule has 1 fully saturated rings. The number of hydrogen-bond donors (Lipinski definition) is 1. The predicted molar refractivity (Wildman–Crippen MR) is 37.4 cm³/mol. The summed E-state index contributed by atoms with van der Waals surface area (Å²) >= 11 is 0. The molecule has 0 aromatic carbocycles. The van der Waals surface area contributed by atoms with Crippen LogP contribution < -0.4 is 5.73 Å². The smallest absolute Gasteiger partial charge is 0.0525 e. The van der Waals surface area contributed by atoms with Crippen molar-refractivity contribution in [2.24, 2.45) is 10.8 Å². The van der Waals surface area contributed by atoms with Gasteiger partial charge >= 0.3 is 0 Å². The Bertz CT molecular complexity index is 131. The maximum Gasteiger partial charge on any atom is 0.0525 e. The average Bonchev–Trinajstić information content (AvgIpc) is 1.79. The highest BCUT2D eigenvalue weighted by Crippen LogP contribution is 2.20. The van der Waals surface area contributed by atoms with Gasteiger partial charge < -0.3 is 5.73 Å². The van der Waals surface area contributed by atoms with Crippen LogP contribution >= 0.6 is 12.4 Å². The molecular formula is C4H9ClN4. The van der Waals surface area contributed by atoms with Crippen molar-refractivity contribution in [1.82, 2.24) is 0 Å². The Labute approximate surface area is 59.5 Å². The average molecular weight is 149 g/mol. The lowest BCUT2D eigenvalue weighted by molar-refractivity contribution is 0.346. The van der Waals surface area contributed by atoms with Crippen LogP contribution in [0.1, 0.15) is 12.8 Å². The van der Waals surface area contributed by atoms with E-state index in [1.54, 1.807) is 0 Å². The summed E-state index contributed by atoms with van der Waals surface area (Å²) in [6.07, 6.45) is 1.97. The lowest BCUT2D eigenvalue weighted by atomic mass is 9.88. The summed E-state index contributed by atoms with van der Waals surface area (Å²) in [6.45, 7) is 0. The molecule has 1 saturated carbocycles. The molecule has 0 aromatic heterocycles. The molecule has 0 aliphatic heterocycles. The van der Waals surface area contributed by atoms with Crippen molar-refractivity contribution >= 4 is 12.4 Å². The van der Waals surface area contributed by atoms with E-state index in [9.17, 15) is 0 Å². The number of nitrogens with two attached hydrogens (primary N) is 1. The van der Waals surface area contributed by atoms with E-state index in [4.69, 9.17) is 11.3 Å². The van der Waals surface area contributed by atoms with Gasteiger partial charge in [0.15, 0.2) is 0 Å². The van der Waals surface area contributed by atoms with Gasteiger partial charge in [0.05, 0.1) is 6.04 Å². The van der Waals surface area contributed by atoms with Crippen LogP contribution in [0, 0.1) is 0 Å². The molecule has 0 saturated heterocycles. The maximum absolute atomic E-state index is 7.92. The molecule has 2 N–H and O–H groups in total. The van der Waals surface area contributed by atoms with Crippen molar-refractivity contribution in [3.05, 3.63) is 10.4 Å². The van der Waals surface area contributed by atoms with Crippen LogP contribution in [0.25, 0.3) is 10.4 Å². The van der Waals surface area contributed by atoms with Crippen molar-refractivity contribution in [2.75, 3.05) is 0 Å². The van der Waals surface area contributed by atoms with Gasteiger partial charge in [0, 0.05) is 11.0 Å². The van der Waals surface area contributed by atoms with E-state index in [0.29, 0.717) is 0 Å². The van der Waals surface area contributed by atoms with E-state index in [0.717, 1.165) is 12.8 Å². The minimum atomic E-state index is 0. The lowest BCUT2D eigenvalue weighted by Crippen LogP contribution is -2.42. The normalized spacial score (nSPS) is 31.2. The second kappa shape index (κ2) is 3.56. The molecule has 9 heavy (non-hydrogen) atoms. The molecule has 4 nitrogen and oxygen atoms in total. The van der Waals surface area contributed by atoms with Gasteiger partial charge in [0.2, 0.25) is 0 Å². The summed E-state index contributed by atoms with van der Waals surface area (Å²) in [7, 11) is 0. The number of halogens is 1. The van der Waals surface area contributed by atoms with E-state index in [2.05, 4.69) is 10.0 Å². The monoisotopic (exact) mass is 148 g/mol. The second-order valence-corrected chi connectivity index (χ2v) is 2.01. The summed E-state index contributed by atoms with van der Waals surface area (Å²) in [4.78, 5) is 2.65. The zero-order valence-corrected chi connectivity index (χ0v) is 5.71. The fraction of sp³-hybridized carbons (Fsp3) is 1.00. The SMILES string of the molecule is Cl.[N-]=[N+]=N[C@H]1CC[C@H]1N. The third kappa shape index (κ3) is 1.75. The van der Waals surface area contributed by atoms with E-state index < -0.39 is 0 Å². The molecule has 1 aliphatic carbocycles. The summed E-state index contributed by atoms with van der Waals surface area (Å²) in [6, 6.07) is 0.214. The molecule has 2 atom stereocenters. The summed E-state index contributed by atoms with van der Waals surface area (Å²) < 4.78 is 0. The molecule has 0 bridgehead atoms. The summed E-state index contributed by atoms with van der Waals surface area (Å²) in [5.41, 5.74) is 13.4. The molecule has 1 aliphatic rings. The van der Waals surface area contributed by atoms with Crippen molar-refractivity contribution in [3.63, 3.8) is 0 Å². The predicted octanol–water partition coefficient (Wildman–Crippen LogP) is 1.21. The zero-order chi connectivity index (χ0) is 5.98. The minimum absolute atomic E-state index is 0. The van der Waals surface area contributed by atoms with Crippen LogP contribution in [0.2, 0.25) is 0 Å². The summed E-state index contributed by atoms with van der Waals surface area (Å²) in [5.74, 6) is 0. The first-order chi connectivity index (χ1) is 3.84. The molecule has 0 spiro atoms. The Balaban J connectivity index is 0.000000640. The highest BCUT2D eigenvalue weighted by molar-refractivity contribution is 5.85. The third-order valence-electron chi connectivity index (χ3n) is 1.49. The highest BCUT2D eigenvalue weighted by atomic mass is 35.5. The second-order valence-electron chi connectivity index (χ2n) is 2.01. The number of rotatable bonds is 1. The molecule has 1 rings (SSSR count). The van der Waals surface area contributed by atoms with E-state index in [1.165, 1.54) is 0 Å². The molecule has 0 radical (unpaired) electrons. The van der Waals surface area contributed by atoms with Crippen LogP contribution in [-0.2, 0) is 0 Å². The highest BCUT2D eigenvalue weighted by Gasteiger charge is 2.25. The van der Waals surface area contributed by atoms with Gasteiger partial charge in [-0.1, -0.05) is 5.11 Å². The molecule has 0 amide bonds. The molecule has 52 valence electrons. The summed E-state index contributed by atoms with van der Waals surface area (Å²) in [5, 5.41) is 3.47. The van der Waals surface area contributed by atoms with Gasteiger partial charge in [-0.2, -0.15) is 0 Å². The maximum atomic E-state index is 7.92. The zero-order valence-electron chi connectivity index (χ0n) is 4.90. The first-order valence-electron chi connectivity index (χ1n) is 2.64. The fourth-order valence-corrected chi connectivity index (χ4v) is 0.718. The number of hydrogen-bond acceptors (Lipinski definition) is 2. The molecular weight excluding hydrogens is 140 g/mol. The molecule has 5 heteroatoms. The lowest BCUT2D eigenvalue weighted by Gasteiger charge is -2.28. The Morgan fingerprint density at radius 3 is 2.33 bits per heavy atom. The standard InChI is InChI=1S/C4H8N4.ClH/c5-3-1-2-4(3)7-8-6;/h3-4H,1-2,5H2;1H/t3-,4+;/m1./s1. The quantitative estimate of drug-likeness (QED) is 0.339. The molecule has 0 unspecified atom stereocenters. The minimum Gasteiger partial charge on any atom is -0.327 e. The van der Waals surface area contributed by atoms with Crippen LogP contribution in [0.15, 0.2) is 5.11 Å². The van der Waals surface area contributed by atoms with E-state index in [-0.39, 0.29) is 24.5 Å². The van der Waals surface area contributed by atoms with Gasteiger partial charge in [-0.05, 0) is 18.4 Å². The van der Waals surface area contributed by atoms with Gasteiger partial charge in [-0.3, -0.25) is 0 Å². The third-order valence-corrected chi connectivity index (χ3v) is 1.49. The Kier molecular flexibility index (Phi) is 3.39. The van der Waals surface area contributed by atoms with Crippen LogP contribution in [0.4, 0.5) is 0 Å². The van der Waals surface area contributed by atoms with Gasteiger partial charge in [-0.25, -0.2) is 0 Å². The van der Waals surface area contributed by atoms with Crippen LogP contribution in [0.5, 0.6) is 0 Å². The molecule has 0 heterocycles. The largest absolute Gasteiger partial charge is 0.327 e. The topological polar surface area (TPSA) is 74.8 Å². The van der Waals surface area contributed by atoms with Crippen LogP contribution in [-0.4, -0.2) is 12.1 Å². The fourth-order valence-electron chi connectivity index (χ4n) is 0.718. The Morgan fingerprint density at radius 1 is 1.56 bits per heavy atom. The van der Waals surface area contributed by atoms with E-state index in [1.807, 2.05) is 0 Å². The van der Waals surface area contributed by atoms with Crippen molar-refractivity contribution < 1.29 is 0 Å². The Morgan fingerprint density at radius 2 is 2.22 bits per heavy atom. The van der Waals surface area contributed by atoms with Gasteiger partial charge in [-0.15, -0.1) is 12.4 Å². The van der Waals surface area contributed by atoms with Gasteiger partial charge in [0.1, 0.15) is 0 Å². The first-order valence-corrected chi connectivity index (χ1v) is 2.64. The van der Waals surface area contributed by atoms with Crippen LogP contribution in [0.3, 0.4) is 0 Å². The van der Waals surface area contributed by atoms with Crippen molar-refractivity contribution in [2.45, 2.75) is 24.9 Å². The molecule has 0 aromatic rings. The van der Waals surface area contributed by atoms with Gasteiger partial charge in [0.25, 0.3) is 0 Å². The Hall–Kier alpha value is -0.440. The first kappa shape index (κ1) is 8.56. The van der Waals surface area contributed by atoms with Crippen molar-refractivity contribution in [1.29, 1.82) is 0 Å². The number of nitrogens with zero attached hydrogens (tertiary/aromatic N) is 3. The van der Waals surface area contributed by atoms with E-state index >= 15 is 0 Å². The van der Waals surface area contributed by atoms with Crippen molar-refractivity contribution in [3.8, 4) is 0 Å².